The van der Waals surface area contributed by atoms with Gasteiger partial charge in [-0.1, -0.05) is 24.3 Å². The van der Waals surface area contributed by atoms with Crippen molar-refractivity contribution in [2.75, 3.05) is 5.32 Å². The van der Waals surface area contributed by atoms with Gasteiger partial charge in [-0.25, -0.2) is 4.39 Å². The second-order valence-electron chi connectivity index (χ2n) is 8.20. The molecule has 0 spiro atoms. The zero-order chi connectivity index (χ0) is 19.8. The largest absolute Gasteiger partial charge is 0.347 e. The lowest BCUT2D eigenvalue weighted by Crippen LogP contribution is -2.41. The Bertz CT molecular complexity index is 895. The molecule has 0 heterocycles. The minimum absolute atomic E-state index is 0.189. The number of carbonyl (C=O) groups is 2. The maximum Gasteiger partial charge on any atom is 0.252 e. The van der Waals surface area contributed by atoms with Crippen LogP contribution in [0.5, 0.6) is 0 Å². The number of nitrogens with one attached hydrogen (secondary N) is 2. The summed E-state index contributed by atoms with van der Waals surface area (Å²) in [5, 5.41) is 5.84. The standard InChI is InChI=1S/C22H25FN2O2/c1-14-15(19(26)25-21(2,3)4)8-7-11-18(14)24-20(27)22(12-13-22)16-9-5-6-10-17(16)23/h5-11H,12-13H2,1-4H3,(H,24,27)(H,25,26). The number of halogens is 1. The third-order valence-corrected chi connectivity index (χ3v) is 4.89. The van der Waals surface area contributed by atoms with Gasteiger partial charge in [0.15, 0.2) is 0 Å². The van der Waals surface area contributed by atoms with E-state index in [2.05, 4.69) is 10.6 Å². The summed E-state index contributed by atoms with van der Waals surface area (Å²) < 4.78 is 14.2. The van der Waals surface area contributed by atoms with Crippen LogP contribution in [0.25, 0.3) is 0 Å². The van der Waals surface area contributed by atoms with Crippen molar-refractivity contribution in [2.45, 2.75) is 51.5 Å². The molecule has 4 nitrogen and oxygen atoms in total. The van der Waals surface area contributed by atoms with E-state index in [4.69, 9.17) is 0 Å². The number of rotatable bonds is 4. The molecule has 0 saturated heterocycles. The summed E-state index contributed by atoms with van der Waals surface area (Å²) in [6, 6.07) is 11.6. The lowest BCUT2D eigenvalue weighted by atomic mass is 9.94. The normalized spacial score (nSPS) is 15.1. The van der Waals surface area contributed by atoms with Gasteiger partial charge in [-0.2, -0.15) is 0 Å². The van der Waals surface area contributed by atoms with Crippen LogP contribution < -0.4 is 10.6 Å². The fourth-order valence-electron chi connectivity index (χ4n) is 3.26. The Morgan fingerprint density at radius 2 is 1.70 bits per heavy atom. The lowest BCUT2D eigenvalue weighted by molar-refractivity contribution is -0.118. The average Bonchev–Trinajstić information content (AvgIpc) is 3.37. The van der Waals surface area contributed by atoms with E-state index in [1.807, 2.05) is 20.8 Å². The number of anilines is 1. The predicted octanol–water partition coefficient (Wildman–Crippen LogP) is 4.33. The monoisotopic (exact) mass is 368 g/mol. The van der Waals surface area contributed by atoms with Crippen LogP contribution in [-0.2, 0) is 10.2 Å². The SMILES string of the molecule is Cc1c(NC(=O)C2(c3ccccc3F)CC2)cccc1C(=O)NC(C)(C)C. The molecule has 1 fully saturated rings. The van der Waals surface area contributed by atoms with E-state index in [1.54, 1.807) is 43.3 Å². The number of amides is 2. The number of benzene rings is 2. The smallest absolute Gasteiger partial charge is 0.252 e. The molecule has 3 rings (SSSR count). The fourth-order valence-corrected chi connectivity index (χ4v) is 3.26. The highest BCUT2D eigenvalue weighted by Crippen LogP contribution is 2.50. The molecule has 0 radical (unpaired) electrons. The zero-order valence-corrected chi connectivity index (χ0v) is 16.2. The number of hydrogen-bond donors (Lipinski definition) is 2. The summed E-state index contributed by atoms with van der Waals surface area (Å²) in [6.07, 6.45) is 1.23. The van der Waals surface area contributed by atoms with Crippen molar-refractivity contribution >= 4 is 17.5 Å². The van der Waals surface area contributed by atoms with Crippen LogP contribution in [0, 0.1) is 12.7 Å². The van der Waals surface area contributed by atoms with Crippen LogP contribution >= 0.6 is 0 Å². The van der Waals surface area contributed by atoms with Gasteiger partial charge >= 0.3 is 0 Å². The Morgan fingerprint density at radius 1 is 1.04 bits per heavy atom. The summed E-state index contributed by atoms with van der Waals surface area (Å²) in [5.41, 5.74) is 1.04. The molecular formula is C22H25FN2O2. The molecule has 2 aromatic rings. The maximum atomic E-state index is 14.2. The molecule has 27 heavy (non-hydrogen) atoms. The van der Waals surface area contributed by atoms with Crippen molar-refractivity contribution in [1.29, 1.82) is 0 Å². The van der Waals surface area contributed by atoms with E-state index in [1.165, 1.54) is 6.07 Å². The minimum Gasteiger partial charge on any atom is -0.347 e. The van der Waals surface area contributed by atoms with Gasteiger partial charge in [0.05, 0.1) is 5.41 Å². The van der Waals surface area contributed by atoms with Gasteiger partial charge in [-0.15, -0.1) is 0 Å². The molecule has 0 aliphatic heterocycles. The molecule has 2 aromatic carbocycles. The highest BCUT2D eigenvalue weighted by Gasteiger charge is 2.52. The van der Waals surface area contributed by atoms with Crippen LogP contribution in [-0.4, -0.2) is 17.4 Å². The van der Waals surface area contributed by atoms with E-state index in [9.17, 15) is 14.0 Å². The van der Waals surface area contributed by atoms with Crippen LogP contribution in [0.1, 0.15) is 55.1 Å². The first kappa shape index (κ1) is 19.1. The van der Waals surface area contributed by atoms with E-state index in [0.29, 0.717) is 35.2 Å². The lowest BCUT2D eigenvalue weighted by Gasteiger charge is -2.22. The Morgan fingerprint density at radius 3 is 2.30 bits per heavy atom. The molecule has 2 amide bonds. The van der Waals surface area contributed by atoms with Crippen LogP contribution in [0.2, 0.25) is 0 Å². The van der Waals surface area contributed by atoms with Gasteiger partial charge in [0.25, 0.3) is 5.91 Å². The van der Waals surface area contributed by atoms with Gasteiger partial charge < -0.3 is 10.6 Å². The Labute approximate surface area is 159 Å². The van der Waals surface area contributed by atoms with Crippen LogP contribution in [0.15, 0.2) is 42.5 Å². The van der Waals surface area contributed by atoms with Crippen molar-refractivity contribution in [3.63, 3.8) is 0 Å². The first-order valence-electron chi connectivity index (χ1n) is 9.13. The van der Waals surface area contributed by atoms with E-state index >= 15 is 0 Å². The Kier molecular flexibility index (Phi) is 4.81. The van der Waals surface area contributed by atoms with Crippen molar-refractivity contribution < 1.29 is 14.0 Å². The van der Waals surface area contributed by atoms with Crippen LogP contribution in [0.3, 0.4) is 0 Å². The van der Waals surface area contributed by atoms with Crippen molar-refractivity contribution in [1.82, 2.24) is 5.32 Å². The molecule has 1 saturated carbocycles. The predicted molar refractivity (Wildman–Crippen MR) is 104 cm³/mol. The van der Waals surface area contributed by atoms with E-state index in [0.717, 1.165) is 0 Å². The maximum absolute atomic E-state index is 14.2. The summed E-state index contributed by atoms with van der Waals surface area (Å²) in [6.45, 7) is 7.54. The molecule has 5 heteroatoms. The number of hydrogen-bond acceptors (Lipinski definition) is 2. The fraction of sp³-hybridized carbons (Fsp3) is 0.364. The summed E-state index contributed by atoms with van der Waals surface area (Å²) in [7, 11) is 0. The van der Waals surface area contributed by atoms with Crippen molar-refractivity contribution in [3.05, 3.63) is 65.0 Å². The molecular weight excluding hydrogens is 343 g/mol. The Balaban J connectivity index is 1.84. The van der Waals surface area contributed by atoms with Gasteiger partial charge in [0.2, 0.25) is 5.91 Å². The molecule has 2 N–H and O–H groups in total. The highest BCUT2D eigenvalue weighted by atomic mass is 19.1. The van der Waals surface area contributed by atoms with Crippen LogP contribution in [0.4, 0.5) is 10.1 Å². The molecule has 0 aromatic heterocycles. The van der Waals surface area contributed by atoms with Gasteiger partial charge in [-0.3, -0.25) is 9.59 Å². The topological polar surface area (TPSA) is 58.2 Å². The van der Waals surface area contributed by atoms with Crippen molar-refractivity contribution in [3.8, 4) is 0 Å². The second kappa shape index (κ2) is 6.80. The van der Waals surface area contributed by atoms with E-state index < -0.39 is 5.41 Å². The third-order valence-electron chi connectivity index (χ3n) is 4.89. The average molecular weight is 368 g/mol. The van der Waals surface area contributed by atoms with Gasteiger partial charge in [-0.05, 0) is 64.3 Å². The number of carbonyl (C=O) groups excluding carboxylic acids is 2. The summed E-state index contributed by atoms with van der Waals surface area (Å²) in [4.78, 5) is 25.5. The second-order valence-corrected chi connectivity index (χ2v) is 8.20. The van der Waals surface area contributed by atoms with Crippen molar-refractivity contribution in [2.24, 2.45) is 0 Å². The quantitative estimate of drug-likeness (QED) is 0.844. The molecule has 0 unspecified atom stereocenters. The molecule has 0 bridgehead atoms. The van der Waals surface area contributed by atoms with Gasteiger partial charge in [0.1, 0.15) is 5.82 Å². The molecule has 1 aliphatic rings. The third kappa shape index (κ3) is 3.87. The summed E-state index contributed by atoms with van der Waals surface area (Å²) >= 11 is 0. The molecule has 0 atom stereocenters. The first-order chi connectivity index (χ1) is 12.6. The minimum atomic E-state index is -0.818. The first-order valence-corrected chi connectivity index (χ1v) is 9.13. The zero-order valence-electron chi connectivity index (χ0n) is 16.2. The summed E-state index contributed by atoms with van der Waals surface area (Å²) in [5.74, 6) is -0.782. The molecule has 142 valence electrons. The van der Waals surface area contributed by atoms with E-state index in [-0.39, 0.29) is 23.2 Å². The highest BCUT2D eigenvalue weighted by molar-refractivity contribution is 6.04. The molecule has 1 aliphatic carbocycles. The Hall–Kier alpha value is -2.69. The van der Waals surface area contributed by atoms with Gasteiger partial charge in [0, 0.05) is 22.4 Å².